The van der Waals surface area contributed by atoms with Crippen LogP contribution < -0.4 is 4.74 Å². The summed E-state index contributed by atoms with van der Waals surface area (Å²) in [4.78, 5) is 0. The second kappa shape index (κ2) is 6.69. The lowest BCUT2D eigenvalue weighted by Gasteiger charge is -2.07. The van der Waals surface area contributed by atoms with E-state index in [1.165, 1.54) is 12.1 Å². The van der Waals surface area contributed by atoms with Gasteiger partial charge in [0.1, 0.15) is 11.6 Å². The van der Waals surface area contributed by atoms with Crippen molar-refractivity contribution in [3.8, 4) is 5.75 Å². The third-order valence-corrected chi connectivity index (χ3v) is 3.04. The first kappa shape index (κ1) is 12.3. The Labute approximate surface area is 93.5 Å². The van der Waals surface area contributed by atoms with Gasteiger partial charge in [-0.3, -0.25) is 0 Å². The molecule has 0 aliphatic heterocycles. The molecule has 0 aliphatic carbocycles. The summed E-state index contributed by atoms with van der Waals surface area (Å²) in [5, 5.41) is 8.61. The van der Waals surface area contributed by atoms with Crippen LogP contribution in [0.25, 0.3) is 0 Å². The Hall–Kier alpha value is -0.740. The van der Waals surface area contributed by atoms with Crippen molar-refractivity contribution in [2.24, 2.45) is 0 Å². The van der Waals surface area contributed by atoms with Crippen molar-refractivity contribution in [1.82, 2.24) is 0 Å². The highest BCUT2D eigenvalue weighted by atomic mass is 32.2. The Morgan fingerprint density at radius 2 is 2.27 bits per heavy atom. The molecule has 0 bridgehead atoms. The second-order valence-electron chi connectivity index (χ2n) is 3.09. The van der Waals surface area contributed by atoms with E-state index in [0.717, 1.165) is 17.7 Å². The van der Waals surface area contributed by atoms with Crippen molar-refractivity contribution in [1.29, 1.82) is 0 Å². The summed E-state index contributed by atoms with van der Waals surface area (Å²) < 4.78 is 18.1. The molecule has 0 radical (unpaired) electrons. The monoisotopic (exact) mass is 230 g/mol. The van der Waals surface area contributed by atoms with E-state index in [4.69, 9.17) is 9.84 Å². The third kappa shape index (κ3) is 4.10. The average molecular weight is 230 g/mol. The topological polar surface area (TPSA) is 29.5 Å². The number of methoxy groups -OCH3 is 1. The number of halogens is 1. The fourth-order valence-electron chi connectivity index (χ4n) is 1.21. The number of aliphatic hydroxyl groups excluding tert-OH is 1. The number of ether oxygens (including phenoxy) is 1. The van der Waals surface area contributed by atoms with Crippen molar-refractivity contribution >= 4 is 11.8 Å². The van der Waals surface area contributed by atoms with Gasteiger partial charge in [-0.2, -0.15) is 11.8 Å². The van der Waals surface area contributed by atoms with Crippen LogP contribution in [0.5, 0.6) is 5.75 Å². The number of hydrogen-bond donors (Lipinski definition) is 1. The lowest BCUT2D eigenvalue weighted by molar-refractivity contribution is 0.296. The molecule has 84 valence electrons. The van der Waals surface area contributed by atoms with E-state index >= 15 is 0 Å². The molecular weight excluding hydrogens is 215 g/mol. The zero-order chi connectivity index (χ0) is 11.1. The van der Waals surface area contributed by atoms with E-state index in [1.807, 2.05) is 0 Å². The number of thioether (sulfide) groups is 1. The van der Waals surface area contributed by atoms with Crippen LogP contribution in [0.15, 0.2) is 18.2 Å². The van der Waals surface area contributed by atoms with Gasteiger partial charge in [0, 0.05) is 17.9 Å². The molecule has 1 aromatic carbocycles. The van der Waals surface area contributed by atoms with Gasteiger partial charge in [0.05, 0.1) is 7.11 Å². The van der Waals surface area contributed by atoms with Crippen LogP contribution >= 0.6 is 11.8 Å². The SMILES string of the molecule is COc1ccc(F)cc1CSCCCO. The molecule has 1 aromatic rings. The van der Waals surface area contributed by atoms with Gasteiger partial charge >= 0.3 is 0 Å². The summed E-state index contributed by atoms with van der Waals surface area (Å²) in [6.07, 6.45) is 0.766. The smallest absolute Gasteiger partial charge is 0.123 e. The Morgan fingerprint density at radius 3 is 2.93 bits per heavy atom. The molecule has 2 nitrogen and oxygen atoms in total. The first-order chi connectivity index (χ1) is 7.27. The van der Waals surface area contributed by atoms with Crippen molar-refractivity contribution < 1.29 is 14.2 Å². The molecule has 0 amide bonds. The van der Waals surface area contributed by atoms with Gasteiger partial charge < -0.3 is 9.84 Å². The molecule has 1 N–H and O–H groups in total. The van der Waals surface area contributed by atoms with E-state index in [2.05, 4.69) is 0 Å². The summed E-state index contributed by atoms with van der Waals surface area (Å²) in [6, 6.07) is 4.52. The zero-order valence-corrected chi connectivity index (χ0v) is 9.52. The number of aliphatic hydroxyl groups is 1. The predicted molar refractivity (Wildman–Crippen MR) is 60.8 cm³/mol. The average Bonchev–Trinajstić information content (AvgIpc) is 2.25. The Morgan fingerprint density at radius 1 is 1.47 bits per heavy atom. The number of benzene rings is 1. The maximum atomic E-state index is 13.0. The fourth-order valence-corrected chi connectivity index (χ4v) is 2.13. The van der Waals surface area contributed by atoms with Gasteiger partial charge in [-0.1, -0.05) is 0 Å². The van der Waals surface area contributed by atoms with Crippen molar-refractivity contribution in [2.45, 2.75) is 12.2 Å². The molecule has 0 heterocycles. The standard InChI is InChI=1S/C11H15FO2S/c1-14-11-4-3-10(12)7-9(11)8-15-6-2-5-13/h3-4,7,13H,2,5-6,8H2,1H3. The lowest BCUT2D eigenvalue weighted by atomic mass is 10.2. The lowest BCUT2D eigenvalue weighted by Crippen LogP contribution is -1.93. The predicted octanol–water partition coefficient (Wildman–Crippen LogP) is 2.45. The van der Waals surface area contributed by atoms with Crippen LogP contribution in [0.2, 0.25) is 0 Å². The minimum absolute atomic E-state index is 0.202. The third-order valence-electron chi connectivity index (χ3n) is 1.95. The molecular formula is C11H15FO2S. The first-order valence-electron chi connectivity index (χ1n) is 4.79. The van der Waals surface area contributed by atoms with E-state index in [1.54, 1.807) is 24.9 Å². The van der Waals surface area contributed by atoms with Gasteiger partial charge in [0.2, 0.25) is 0 Å². The van der Waals surface area contributed by atoms with E-state index in [0.29, 0.717) is 11.5 Å². The molecule has 0 fully saturated rings. The van der Waals surface area contributed by atoms with Gasteiger partial charge in [0.25, 0.3) is 0 Å². The molecule has 1 rings (SSSR count). The Balaban J connectivity index is 2.54. The summed E-state index contributed by atoms with van der Waals surface area (Å²) in [7, 11) is 1.58. The van der Waals surface area contributed by atoms with E-state index in [9.17, 15) is 4.39 Å². The van der Waals surface area contributed by atoms with Crippen LogP contribution in [-0.2, 0) is 5.75 Å². The van der Waals surface area contributed by atoms with Crippen LogP contribution in [0.3, 0.4) is 0 Å². The van der Waals surface area contributed by atoms with Gasteiger partial charge in [0.15, 0.2) is 0 Å². The highest BCUT2D eigenvalue weighted by molar-refractivity contribution is 7.98. The molecule has 0 spiro atoms. The summed E-state index contributed by atoms with van der Waals surface area (Å²) in [6.45, 7) is 0.202. The fraction of sp³-hybridized carbons (Fsp3) is 0.455. The minimum Gasteiger partial charge on any atom is -0.496 e. The molecule has 0 atom stereocenters. The summed E-state index contributed by atoms with van der Waals surface area (Å²) >= 11 is 1.66. The zero-order valence-electron chi connectivity index (χ0n) is 8.70. The van der Waals surface area contributed by atoms with Crippen molar-refractivity contribution in [2.75, 3.05) is 19.5 Å². The maximum absolute atomic E-state index is 13.0. The molecule has 0 aromatic heterocycles. The van der Waals surface area contributed by atoms with E-state index in [-0.39, 0.29) is 12.4 Å². The second-order valence-corrected chi connectivity index (χ2v) is 4.19. The van der Waals surface area contributed by atoms with Gasteiger partial charge in [-0.05, 0) is 30.4 Å². The van der Waals surface area contributed by atoms with Crippen LogP contribution in [0.1, 0.15) is 12.0 Å². The summed E-state index contributed by atoms with van der Waals surface area (Å²) in [5.41, 5.74) is 0.862. The van der Waals surface area contributed by atoms with Gasteiger partial charge in [-0.25, -0.2) is 4.39 Å². The molecule has 0 aliphatic rings. The quantitative estimate of drug-likeness (QED) is 0.761. The minimum atomic E-state index is -0.242. The van der Waals surface area contributed by atoms with Crippen LogP contribution in [0.4, 0.5) is 4.39 Å². The normalized spacial score (nSPS) is 10.3. The molecule has 0 saturated heterocycles. The van der Waals surface area contributed by atoms with E-state index < -0.39 is 0 Å². The molecule has 0 unspecified atom stereocenters. The van der Waals surface area contributed by atoms with Crippen molar-refractivity contribution in [3.05, 3.63) is 29.6 Å². The largest absolute Gasteiger partial charge is 0.496 e. The molecule has 4 heteroatoms. The molecule has 0 saturated carbocycles. The number of hydrogen-bond acceptors (Lipinski definition) is 3. The maximum Gasteiger partial charge on any atom is 0.123 e. The molecule has 15 heavy (non-hydrogen) atoms. The summed E-state index contributed by atoms with van der Waals surface area (Å²) in [5.74, 6) is 2.05. The number of rotatable bonds is 6. The van der Waals surface area contributed by atoms with Crippen LogP contribution in [0, 0.1) is 5.82 Å². The highest BCUT2D eigenvalue weighted by Crippen LogP contribution is 2.24. The van der Waals surface area contributed by atoms with Crippen LogP contribution in [-0.4, -0.2) is 24.6 Å². The van der Waals surface area contributed by atoms with Crippen molar-refractivity contribution in [3.63, 3.8) is 0 Å². The Kier molecular flexibility index (Phi) is 5.50. The first-order valence-corrected chi connectivity index (χ1v) is 5.94. The Bertz CT molecular complexity index is 305. The van der Waals surface area contributed by atoms with Gasteiger partial charge in [-0.15, -0.1) is 0 Å². The highest BCUT2D eigenvalue weighted by Gasteiger charge is 2.04.